The van der Waals surface area contributed by atoms with Gasteiger partial charge < -0.3 is 4.90 Å². The van der Waals surface area contributed by atoms with Gasteiger partial charge in [-0.25, -0.2) is 0 Å². The van der Waals surface area contributed by atoms with Gasteiger partial charge in [0, 0.05) is 38.8 Å². The normalized spacial score (nSPS) is 19.5. The molecule has 1 atom stereocenters. The molecule has 5 nitrogen and oxygen atoms in total. The van der Waals surface area contributed by atoms with E-state index in [-0.39, 0.29) is 16.5 Å². The first-order valence-electron chi connectivity index (χ1n) is 10.1. The molecule has 0 bridgehead atoms. The van der Waals surface area contributed by atoms with Crippen LogP contribution in [0.2, 0.25) is 0 Å². The highest BCUT2D eigenvalue weighted by Crippen LogP contribution is 2.51. The summed E-state index contributed by atoms with van der Waals surface area (Å²) in [4.78, 5) is 26.5. The van der Waals surface area contributed by atoms with Gasteiger partial charge in [0.2, 0.25) is 0 Å². The Kier molecular flexibility index (Phi) is 5.21. The lowest BCUT2D eigenvalue weighted by Crippen LogP contribution is -2.55. The van der Waals surface area contributed by atoms with Crippen molar-refractivity contribution in [2.24, 2.45) is 0 Å². The number of halogens is 1. The van der Waals surface area contributed by atoms with E-state index in [0.29, 0.717) is 17.7 Å². The van der Waals surface area contributed by atoms with E-state index in [9.17, 15) is 14.9 Å². The summed E-state index contributed by atoms with van der Waals surface area (Å²) < 4.78 is 0.968. The molecule has 0 N–H and O–H groups in total. The van der Waals surface area contributed by atoms with E-state index in [1.165, 1.54) is 6.07 Å². The van der Waals surface area contributed by atoms with Crippen LogP contribution < -0.4 is 4.90 Å². The molecule has 3 aromatic rings. The molecular weight excluding hydrogens is 456 g/mol. The summed E-state index contributed by atoms with van der Waals surface area (Å²) in [6.45, 7) is 6.20. The maximum Gasteiger partial charge on any atom is 0.269 e. The zero-order valence-electron chi connectivity index (χ0n) is 17.6. The van der Waals surface area contributed by atoms with Crippen LogP contribution in [0.15, 0.2) is 77.3 Å². The molecule has 158 valence electrons. The van der Waals surface area contributed by atoms with Crippen LogP contribution in [0.1, 0.15) is 48.7 Å². The quantitative estimate of drug-likeness (QED) is 0.319. The SMILES string of the molecule is CC1(C)C[C@@](C)(c2ccc(Br)cc2)c2cc([N+](=O)[O-])ccc2N1C(=O)c1ccccc1. The number of nitrogens with zero attached hydrogens (tertiary/aromatic N) is 2. The molecule has 0 saturated carbocycles. The van der Waals surface area contributed by atoms with Crippen LogP contribution in [0.25, 0.3) is 0 Å². The Hall–Kier alpha value is -2.99. The van der Waals surface area contributed by atoms with Crippen LogP contribution in [0, 0.1) is 10.1 Å². The Morgan fingerprint density at radius 2 is 1.65 bits per heavy atom. The van der Waals surface area contributed by atoms with Crippen LogP contribution in [-0.4, -0.2) is 16.4 Å². The summed E-state index contributed by atoms with van der Waals surface area (Å²) in [5.74, 6) is -0.112. The Balaban J connectivity index is 1.96. The van der Waals surface area contributed by atoms with Gasteiger partial charge in [0.15, 0.2) is 0 Å². The number of rotatable bonds is 3. The lowest BCUT2D eigenvalue weighted by molar-refractivity contribution is -0.385. The van der Waals surface area contributed by atoms with Crippen molar-refractivity contribution in [3.63, 3.8) is 0 Å². The van der Waals surface area contributed by atoms with Crippen molar-refractivity contribution >= 4 is 33.2 Å². The van der Waals surface area contributed by atoms with Crippen LogP contribution in [0.4, 0.5) is 11.4 Å². The molecule has 31 heavy (non-hydrogen) atoms. The second-order valence-electron chi connectivity index (χ2n) is 8.79. The number of benzene rings is 3. The second kappa shape index (κ2) is 7.61. The molecule has 0 radical (unpaired) electrons. The molecule has 6 heteroatoms. The third-order valence-corrected chi connectivity index (χ3v) is 6.65. The molecule has 4 rings (SSSR count). The molecule has 0 spiro atoms. The average molecular weight is 479 g/mol. The van der Waals surface area contributed by atoms with E-state index >= 15 is 0 Å². The van der Waals surface area contributed by atoms with E-state index in [2.05, 4.69) is 36.7 Å². The molecule has 0 aromatic heterocycles. The fourth-order valence-corrected chi connectivity index (χ4v) is 5.07. The van der Waals surface area contributed by atoms with Gasteiger partial charge in [-0.3, -0.25) is 14.9 Å². The molecule has 1 heterocycles. The zero-order valence-corrected chi connectivity index (χ0v) is 19.2. The standard InChI is InChI=1S/C25H23BrN2O3/c1-24(2)16-25(3,18-9-11-19(26)12-10-18)21-15-20(28(30)31)13-14-22(21)27(24)23(29)17-7-5-4-6-8-17/h4-15H,16H2,1-3H3/t25-/m0/s1. The van der Waals surface area contributed by atoms with E-state index < -0.39 is 11.0 Å². The molecule has 0 unspecified atom stereocenters. The van der Waals surface area contributed by atoms with Gasteiger partial charge in [0.1, 0.15) is 0 Å². The first-order chi connectivity index (χ1) is 14.6. The third kappa shape index (κ3) is 3.65. The fourth-order valence-electron chi connectivity index (χ4n) is 4.81. The first-order valence-corrected chi connectivity index (χ1v) is 10.9. The van der Waals surface area contributed by atoms with Crippen LogP contribution in [0.5, 0.6) is 0 Å². The van der Waals surface area contributed by atoms with Gasteiger partial charge >= 0.3 is 0 Å². The maximum absolute atomic E-state index is 13.6. The minimum absolute atomic E-state index is 0.0221. The van der Waals surface area contributed by atoms with Crippen molar-refractivity contribution < 1.29 is 9.72 Å². The minimum Gasteiger partial charge on any atom is -0.302 e. The molecule has 3 aromatic carbocycles. The number of non-ortho nitro benzene ring substituents is 1. The molecule has 1 aliphatic rings. The zero-order chi connectivity index (χ0) is 22.4. The lowest BCUT2D eigenvalue weighted by Gasteiger charge is -2.51. The average Bonchev–Trinajstić information content (AvgIpc) is 2.73. The molecule has 1 amide bonds. The van der Waals surface area contributed by atoms with E-state index in [1.54, 1.807) is 29.2 Å². The van der Waals surface area contributed by atoms with Crippen molar-refractivity contribution in [1.82, 2.24) is 0 Å². The Morgan fingerprint density at radius 1 is 1.00 bits per heavy atom. The van der Waals surface area contributed by atoms with Gasteiger partial charge in [0.05, 0.1) is 4.92 Å². The molecule has 1 aliphatic heterocycles. The van der Waals surface area contributed by atoms with Crippen molar-refractivity contribution in [3.8, 4) is 0 Å². The smallest absolute Gasteiger partial charge is 0.269 e. The number of hydrogen-bond acceptors (Lipinski definition) is 3. The fraction of sp³-hybridized carbons (Fsp3) is 0.240. The number of carbonyl (C=O) groups is 1. The number of fused-ring (bicyclic) bond motifs is 1. The summed E-state index contributed by atoms with van der Waals surface area (Å²) in [6.07, 6.45) is 0.619. The highest BCUT2D eigenvalue weighted by Gasteiger charge is 2.48. The van der Waals surface area contributed by atoms with E-state index in [0.717, 1.165) is 15.6 Å². The van der Waals surface area contributed by atoms with Crippen LogP contribution in [-0.2, 0) is 5.41 Å². The second-order valence-corrected chi connectivity index (χ2v) is 9.71. The number of hydrogen-bond donors (Lipinski definition) is 0. The van der Waals surface area contributed by atoms with Crippen molar-refractivity contribution in [1.29, 1.82) is 0 Å². The summed E-state index contributed by atoms with van der Waals surface area (Å²) in [5, 5.41) is 11.6. The maximum atomic E-state index is 13.6. The number of carbonyl (C=O) groups excluding carboxylic acids is 1. The highest BCUT2D eigenvalue weighted by atomic mass is 79.9. The summed E-state index contributed by atoms with van der Waals surface area (Å²) >= 11 is 3.48. The predicted molar refractivity (Wildman–Crippen MR) is 126 cm³/mol. The number of nitro benzene ring substituents is 1. The summed E-state index contributed by atoms with van der Waals surface area (Å²) in [5.41, 5.74) is 2.14. The van der Waals surface area contributed by atoms with Gasteiger partial charge in [-0.15, -0.1) is 0 Å². The van der Waals surface area contributed by atoms with Gasteiger partial charge in [-0.05, 0) is 61.7 Å². The minimum atomic E-state index is -0.516. The first kappa shape index (κ1) is 21.2. The largest absolute Gasteiger partial charge is 0.302 e. The third-order valence-electron chi connectivity index (χ3n) is 6.12. The number of amides is 1. The number of nitro groups is 1. The summed E-state index contributed by atoms with van der Waals surface area (Å²) in [7, 11) is 0. The predicted octanol–water partition coefficient (Wildman–Crippen LogP) is 6.49. The van der Waals surface area contributed by atoms with Crippen LogP contribution >= 0.6 is 15.9 Å². The summed E-state index contributed by atoms with van der Waals surface area (Å²) in [6, 6.07) is 22.0. The van der Waals surface area contributed by atoms with Crippen LogP contribution in [0.3, 0.4) is 0 Å². The Bertz CT molecular complexity index is 1160. The van der Waals surface area contributed by atoms with Gasteiger partial charge in [0.25, 0.3) is 11.6 Å². The lowest BCUT2D eigenvalue weighted by atomic mass is 9.65. The van der Waals surface area contributed by atoms with Crippen molar-refractivity contribution in [3.05, 3.63) is 104 Å². The highest BCUT2D eigenvalue weighted by molar-refractivity contribution is 9.10. The van der Waals surface area contributed by atoms with E-state index in [1.807, 2.05) is 42.5 Å². The van der Waals surface area contributed by atoms with E-state index in [4.69, 9.17) is 0 Å². The van der Waals surface area contributed by atoms with Crippen molar-refractivity contribution in [2.75, 3.05) is 4.90 Å². The molecule has 0 saturated heterocycles. The molecular formula is C25H23BrN2O3. The topological polar surface area (TPSA) is 63.5 Å². The molecule has 0 aliphatic carbocycles. The van der Waals surface area contributed by atoms with Gasteiger partial charge in [-0.2, -0.15) is 0 Å². The van der Waals surface area contributed by atoms with Crippen molar-refractivity contribution in [2.45, 2.75) is 38.1 Å². The molecule has 0 fully saturated rings. The Morgan fingerprint density at radius 3 is 2.26 bits per heavy atom. The monoisotopic (exact) mass is 478 g/mol. The number of anilines is 1. The van der Waals surface area contributed by atoms with Gasteiger partial charge in [-0.1, -0.05) is 53.2 Å². The Labute approximate surface area is 190 Å².